The Morgan fingerprint density at radius 3 is 2.18 bits per heavy atom. The Morgan fingerprint density at radius 2 is 2.00 bits per heavy atom. The van der Waals surface area contributed by atoms with Gasteiger partial charge in [-0.3, -0.25) is 4.79 Å². The van der Waals surface area contributed by atoms with Gasteiger partial charge in [-0.25, -0.2) is 0 Å². The van der Waals surface area contributed by atoms with Crippen LogP contribution in [0.4, 0.5) is 0 Å². The summed E-state index contributed by atoms with van der Waals surface area (Å²) in [5.41, 5.74) is -0.0475. The van der Waals surface area contributed by atoms with Gasteiger partial charge >= 0.3 is 0 Å². The molecule has 1 rings (SSSR count). The van der Waals surface area contributed by atoms with Crippen molar-refractivity contribution in [1.29, 1.82) is 0 Å². The second-order valence-electron chi connectivity index (χ2n) is 4.53. The van der Waals surface area contributed by atoms with Crippen LogP contribution in [0.1, 0.15) is 40.5 Å². The van der Waals surface area contributed by atoms with E-state index in [1.807, 2.05) is 0 Å². The smallest absolute Gasteiger partial charge is 0.138 e. The van der Waals surface area contributed by atoms with E-state index in [-0.39, 0.29) is 5.41 Å². The van der Waals surface area contributed by atoms with Crippen molar-refractivity contribution in [1.82, 2.24) is 0 Å². The van der Waals surface area contributed by atoms with Gasteiger partial charge in [0, 0.05) is 11.8 Å². The maximum Gasteiger partial charge on any atom is 0.138 e. The highest BCUT2D eigenvalue weighted by Gasteiger charge is 2.42. The van der Waals surface area contributed by atoms with Crippen molar-refractivity contribution >= 4 is 5.78 Å². The third kappa shape index (κ3) is 1.33. The van der Waals surface area contributed by atoms with Crippen LogP contribution in [0.25, 0.3) is 0 Å². The Balaban J connectivity index is 2.78. The first-order valence-electron chi connectivity index (χ1n) is 4.49. The number of hydrogen-bond acceptors (Lipinski definition) is 1. The zero-order valence-electron chi connectivity index (χ0n) is 7.98. The van der Waals surface area contributed by atoms with Crippen LogP contribution in [0.5, 0.6) is 0 Å². The van der Waals surface area contributed by atoms with Crippen LogP contribution >= 0.6 is 0 Å². The van der Waals surface area contributed by atoms with Gasteiger partial charge in [0.05, 0.1) is 0 Å². The Morgan fingerprint density at radius 1 is 1.45 bits per heavy atom. The van der Waals surface area contributed by atoms with Gasteiger partial charge in [-0.05, 0) is 18.3 Å². The van der Waals surface area contributed by atoms with Gasteiger partial charge in [0.25, 0.3) is 0 Å². The lowest BCUT2D eigenvalue weighted by Gasteiger charge is -2.28. The number of Topliss-reactive ketones (excluding diaryl/α,β-unsaturated/α-hetero) is 1. The molecule has 0 amide bonds. The lowest BCUT2D eigenvalue weighted by atomic mass is 9.75. The average molecular weight is 154 g/mol. The molecule has 0 aromatic carbocycles. The summed E-state index contributed by atoms with van der Waals surface area (Å²) in [4.78, 5) is 11.4. The fraction of sp³-hybridized carbons (Fsp3) is 0.900. The van der Waals surface area contributed by atoms with E-state index in [2.05, 4.69) is 27.7 Å². The molecule has 11 heavy (non-hydrogen) atoms. The number of carbonyl (C=O) groups is 1. The molecule has 0 spiro atoms. The normalized spacial score (nSPS) is 29.9. The van der Waals surface area contributed by atoms with Gasteiger partial charge < -0.3 is 0 Å². The molecule has 0 bridgehead atoms. The van der Waals surface area contributed by atoms with Crippen molar-refractivity contribution in [2.24, 2.45) is 17.3 Å². The van der Waals surface area contributed by atoms with Gasteiger partial charge in [-0.15, -0.1) is 0 Å². The van der Waals surface area contributed by atoms with Crippen LogP contribution in [0, 0.1) is 17.3 Å². The highest BCUT2D eigenvalue weighted by atomic mass is 16.1. The SMILES string of the molecule is CC(C)C1CCC(=O)C1(C)C. The van der Waals surface area contributed by atoms with E-state index >= 15 is 0 Å². The molecule has 1 atom stereocenters. The molecule has 1 fully saturated rings. The van der Waals surface area contributed by atoms with Crippen molar-refractivity contribution in [3.63, 3.8) is 0 Å². The second kappa shape index (κ2) is 2.62. The first kappa shape index (κ1) is 8.76. The first-order valence-corrected chi connectivity index (χ1v) is 4.49. The molecule has 1 saturated carbocycles. The zero-order chi connectivity index (χ0) is 8.65. The van der Waals surface area contributed by atoms with Crippen molar-refractivity contribution in [3.8, 4) is 0 Å². The maximum atomic E-state index is 11.4. The van der Waals surface area contributed by atoms with Crippen LogP contribution < -0.4 is 0 Å². The average Bonchev–Trinajstić information content (AvgIpc) is 2.08. The minimum absolute atomic E-state index is 0.0475. The van der Waals surface area contributed by atoms with Crippen LogP contribution in [0.15, 0.2) is 0 Å². The Kier molecular flexibility index (Phi) is 2.08. The molecule has 0 aromatic rings. The molecule has 1 nitrogen and oxygen atoms in total. The van der Waals surface area contributed by atoms with E-state index in [0.29, 0.717) is 17.6 Å². The van der Waals surface area contributed by atoms with Crippen LogP contribution in [0.2, 0.25) is 0 Å². The Labute approximate surface area is 69.2 Å². The minimum atomic E-state index is -0.0475. The van der Waals surface area contributed by atoms with E-state index < -0.39 is 0 Å². The molecular formula is C10H18O. The molecule has 1 unspecified atom stereocenters. The molecule has 1 heteroatoms. The third-order valence-corrected chi connectivity index (χ3v) is 3.13. The maximum absolute atomic E-state index is 11.4. The number of ketones is 1. The van der Waals surface area contributed by atoms with Crippen LogP contribution in [-0.2, 0) is 4.79 Å². The van der Waals surface area contributed by atoms with E-state index in [1.54, 1.807) is 0 Å². The topological polar surface area (TPSA) is 17.1 Å². The Bertz CT molecular complexity index is 168. The van der Waals surface area contributed by atoms with Gasteiger partial charge in [0.1, 0.15) is 5.78 Å². The molecule has 1 aliphatic carbocycles. The monoisotopic (exact) mass is 154 g/mol. The third-order valence-electron chi connectivity index (χ3n) is 3.13. The minimum Gasteiger partial charge on any atom is -0.299 e. The van der Waals surface area contributed by atoms with Crippen molar-refractivity contribution < 1.29 is 4.79 Å². The highest BCUT2D eigenvalue weighted by Crippen LogP contribution is 2.43. The van der Waals surface area contributed by atoms with E-state index in [1.165, 1.54) is 0 Å². The largest absolute Gasteiger partial charge is 0.299 e. The summed E-state index contributed by atoms with van der Waals surface area (Å²) >= 11 is 0. The molecule has 0 N–H and O–H groups in total. The summed E-state index contributed by atoms with van der Waals surface area (Å²) in [7, 11) is 0. The molecule has 1 aliphatic rings. The zero-order valence-corrected chi connectivity index (χ0v) is 7.98. The fourth-order valence-corrected chi connectivity index (χ4v) is 2.34. The summed E-state index contributed by atoms with van der Waals surface area (Å²) in [6.07, 6.45) is 1.90. The molecule has 0 heterocycles. The van der Waals surface area contributed by atoms with Crippen LogP contribution in [-0.4, -0.2) is 5.78 Å². The summed E-state index contributed by atoms with van der Waals surface area (Å²) < 4.78 is 0. The summed E-state index contributed by atoms with van der Waals surface area (Å²) in [6, 6.07) is 0. The van der Waals surface area contributed by atoms with E-state index in [4.69, 9.17) is 0 Å². The number of carbonyl (C=O) groups excluding carboxylic acids is 1. The van der Waals surface area contributed by atoms with E-state index in [0.717, 1.165) is 12.8 Å². The van der Waals surface area contributed by atoms with Gasteiger partial charge in [-0.2, -0.15) is 0 Å². The molecule has 64 valence electrons. The standard InChI is InChI=1S/C10H18O/c1-7(2)8-5-6-9(11)10(8,3)4/h7-8H,5-6H2,1-4H3. The summed E-state index contributed by atoms with van der Waals surface area (Å²) in [5, 5.41) is 0. The first-order chi connectivity index (χ1) is 4.96. The summed E-state index contributed by atoms with van der Waals surface area (Å²) in [6.45, 7) is 8.61. The molecule has 0 aromatic heterocycles. The lowest BCUT2D eigenvalue weighted by Crippen LogP contribution is -2.28. The van der Waals surface area contributed by atoms with Gasteiger partial charge in [0.15, 0.2) is 0 Å². The molecule has 0 saturated heterocycles. The predicted molar refractivity (Wildman–Crippen MR) is 46.4 cm³/mol. The summed E-state index contributed by atoms with van der Waals surface area (Å²) in [5.74, 6) is 1.71. The lowest BCUT2D eigenvalue weighted by molar-refractivity contribution is -0.125. The van der Waals surface area contributed by atoms with Crippen molar-refractivity contribution in [3.05, 3.63) is 0 Å². The molecule has 0 aliphatic heterocycles. The number of hydrogen-bond donors (Lipinski definition) is 0. The van der Waals surface area contributed by atoms with Crippen molar-refractivity contribution in [2.45, 2.75) is 40.5 Å². The van der Waals surface area contributed by atoms with E-state index in [9.17, 15) is 4.79 Å². The Hall–Kier alpha value is -0.330. The molecular weight excluding hydrogens is 136 g/mol. The highest BCUT2D eigenvalue weighted by molar-refractivity contribution is 5.86. The molecule has 0 radical (unpaired) electrons. The quantitative estimate of drug-likeness (QED) is 0.567. The fourth-order valence-electron chi connectivity index (χ4n) is 2.34. The second-order valence-corrected chi connectivity index (χ2v) is 4.53. The van der Waals surface area contributed by atoms with Gasteiger partial charge in [-0.1, -0.05) is 27.7 Å². The number of rotatable bonds is 1. The van der Waals surface area contributed by atoms with Crippen LogP contribution in [0.3, 0.4) is 0 Å². The predicted octanol–water partition coefficient (Wildman–Crippen LogP) is 2.65. The van der Waals surface area contributed by atoms with Crippen molar-refractivity contribution in [2.75, 3.05) is 0 Å². The van der Waals surface area contributed by atoms with Gasteiger partial charge in [0.2, 0.25) is 0 Å².